The number of carbonyl (C=O) groups is 2. The minimum Gasteiger partial charge on any atom is -0.462 e. The van der Waals surface area contributed by atoms with Gasteiger partial charge in [0, 0.05) is 32.2 Å². The maximum Gasteiger partial charge on any atom is 0.338 e. The van der Waals surface area contributed by atoms with Crippen LogP contribution in [0.25, 0.3) is 0 Å². The summed E-state index contributed by atoms with van der Waals surface area (Å²) in [5.41, 5.74) is 4.47. The topological polar surface area (TPSA) is 58.6 Å². The normalized spacial score (nSPS) is 12.6. The van der Waals surface area contributed by atoms with Gasteiger partial charge in [-0.3, -0.25) is 4.79 Å². The van der Waals surface area contributed by atoms with Crippen molar-refractivity contribution in [2.45, 2.75) is 26.2 Å². The van der Waals surface area contributed by atoms with Crippen molar-refractivity contribution in [3.05, 3.63) is 65.2 Å². The molecule has 2 aromatic rings. The first-order chi connectivity index (χ1) is 13.1. The molecular weight excluding hydrogens is 340 g/mol. The third-order valence-corrected chi connectivity index (χ3v) is 4.74. The maximum absolute atomic E-state index is 11.9. The molecule has 1 amide bonds. The summed E-state index contributed by atoms with van der Waals surface area (Å²) in [6.45, 7) is 4.51. The summed E-state index contributed by atoms with van der Waals surface area (Å²) in [4.78, 5) is 25.3. The van der Waals surface area contributed by atoms with E-state index in [1.54, 1.807) is 12.1 Å². The van der Waals surface area contributed by atoms with Gasteiger partial charge in [0.1, 0.15) is 0 Å². The summed E-state index contributed by atoms with van der Waals surface area (Å²) in [6, 6.07) is 15.6. The Bertz CT molecular complexity index is 789. The largest absolute Gasteiger partial charge is 0.462 e. The van der Waals surface area contributed by atoms with Gasteiger partial charge in [0.15, 0.2) is 0 Å². The van der Waals surface area contributed by atoms with Crippen molar-refractivity contribution < 1.29 is 14.3 Å². The predicted octanol–water partition coefficient (Wildman–Crippen LogP) is 2.97. The fourth-order valence-electron chi connectivity index (χ4n) is 3.37. The molecule has 27 heavy (non-hydrogen) atoms. The molecule has 3 rings (SSSR count). The van der Waals surface area contributed by atoms with E-state index < -0.39 is 0 Å². The van der Waals surface area contributed by atoms with Crippen molar-refractivity contribution >= 4 is 17.6 Å². The van der Waals surface area contributed by atoms with Gasteiger partial charge in [0.2, 0.25) is 5.91 Å². The Balaban J connectivity index is 1.44. The predicted molar refractivity (Wildman–Crippen MR) is 106 cm³/mol. The molecule has 0 aliphatic carbocycles. The lowest BCUT2D eigenvalue weighted by Gasteiger charge is -2.19. The molecule has 0 fully saturated rings. The Kier molecular flexibility index (Phi) is 6.47. The van der Waals surface area contributed by atoms with Crippen LogP contribution in [0.15, 0.2) is 48.5 Å². The van der Waals surface area contributed by atoms with Gasteiger partial charge < -0.3 is 15.0 Å². The minimum atomic E-state index is -0.263. The average Bonchev–Trinajstić information content (AvgIpc) is 3.08. The van der Waals surface area contributed by atoms with Crippen LogP contribution in [-0.4, -0.2) is 38.1 Å². The molecule has 0 unspecified atom stereocenters. The summed E-state index contributed by atoms with van der Waals surface area (Å²) in [5.74, 6) is -0.253. The van der Waals surface area contributed by atoms with Gasteiger partial charge in [0.05, 0.1) is 12.2 Å². The zero-order valence-corrected chi connectivity index (χ0v) is 15.7. The Hall–Kier alpha value is -2.82. The highest BCUT2D eigenvalue weighted by molar-refractivity contribution is 5.89. The molecule has 142 valence electrons. The third kappa shape index (κ3) is 5.33. The Labute approximate surface area is 160 Å². The van der Waals surface area contributed by atoms with Crippen LogP contribution in [-0.2, 0) is 22.4 Å². The van der Waals surface area contributed by atoms with E-state index in [4.69, 9.17) is 4.74 Å². The lowest BCUT2D eigenvalue weighted by molar-refractivity contribution is -0.118. The molecule has 1 heterocycles. The lowest BCUT2D eigenvalue weighted by atomic mass is 10.1. The van der Waals surface area contributed by atoms with E-state index in [2.05, 4.69) is 28.4 Å². The molecular formula is C22H26N2O3. The van der Waals surface area contributed by atoms with Gasteiger partial charge in [0.25, 0.3) is 0 Å². The van der Waals surface area contributed by atoms with Crippen molar-refractivity contribution in [1.29, 1.82) is 0 Å². The number of nitrogens with zero attached hydrogens (tertiary/aromatic N) is 1. The van der Waals surface area contributed by atoms with Crippen LogP contribution in [0.5, 0.6) is 0 Å². The number of hydrogen-bond acceptors (Lipinski definition) is 4. The van der Waals surface area contributed by atoms with E-state index in [1.165, 1.54) is 23.7 Å². The molecule has 0 aromatic heterocycles. The summed E-state index contributed by atoms with van der Waals surface area (Å²) in [6.07, 6.45) is 2.69. The molecule has 0 spiro atoms. The lowest BCUT2D eigenvalue weighted by Crippen LogP contribution is -2.23. The van der Waals surface area contributed by atoms with Crippen LogP contribution in [0.3, 0.4) is 0 Å². The van der Waals surface area contributed by atoms with E-state index in [0.717, 1.165) is 32.4 Å². The van der Waals surface area contributed by atoms with Crippen LogP contribution in [0.1, 0.15) is 34.8 Å². The second kappa shape index (κ2) is 9.21. The number of rotatable bonds is 8. The van der Waals surface area contributed by atoms with Gasteiger partial charge in [-0.2, -0.15) is 0 Å². The monoisotopic (exact) mass is 366 g/mol. The van der Waals surface area contributed by atoms with E-state index in [-0.39, 0.29) is 11.9 Å². The van der Waals surface area contributed by atoms with Gasteiger partial charge in [-0.1, -0.05) is 30.3 Å². The maximum atomic E-state index is 11.9. The molecule has 0 bridgehead atoms. The van der Waals surface area contributed by atoms with Crippen LogP contribution < -0.4 is 10.2 Å². The Morgan fingerprint density at radius 2 is 1.96 bits per heavy atom. The van der Waals surface area contributed by atoms with Crippen molar-refractivity contribution in [3.8, 4) is 0 Å². The molecule has 0 saturated carbocycles. The van der Waals surface area contributed by atoms with Crippen LogP contribution in [0.4, 0.5) is 5.69 Å². The number of benzene rings is 2. The first kappa shape index (κ1) is 19.0. The Morgan fingerprint density at radius 1 is 1.15 bits per heavy atom. The molecule has 1 N–H and O–H groups in total. The van der Waals surface area contributed by atoms with Gasteiger partial charge >= 0.3 is 5.97 Å². The van der Waals surface area contributed by atoms with E-state index >= 15 is 0 Å². The third-order valence-electron chi connectivity index (χ3n) is 4.74. The smallest absolute Gasteiger partial charge is 0.338 e. The molecule has 0 radical (unpaired) electrons. The van der Waals surface area contributed by atoms with Crippen LogP contribution >= 0.6 is 0 Å². The highest BCUT2D eigenvalue weighted by Gasteiger charge is 2.19. The number of ether oxygens (including phenoxy) is 1. The summed E-state index contributed by atoms with van der Waals surface area (Å²) >= 11 is 0. The molecule has 0 saturated heterocycles. The highest BCUT2D eigenvalue weighted by Crippen LogP contribution is 2.29. The molecule has 1 aliphatic rings. The van der Waals surface area contributed by atoms with Gasteiger partial charge in [-0.15, -0.1) is 0 Å². The number of fused-ring (bicyclic) bond motifs is 1. The summed E-state index contributed by atoms with van der Waals surface area (Å²) < 4.78 is 5.36. The van der Waals surface area contributed by atoms with E-state index in [9.17, 15) is 9.59 Å². The molecule has 2 aromatic carbocycles. The first-order valence-corrected chi connectivity index (χ1v) is 9.47. The zero-order chi connectivity index (χ0) is 19.1. The molecule has 5 nitrogen and oxygen atoms in total. The number of amides is 1. The second-order valence-electron chi connectivity index (χ2n) is 6.79. The second-order valence-corrected chi connectivity index (χ2v) is 6.79. The van der Waals surface area contributed by atoms with Gasteiger partial charge in [-0.25, -0.2) is 4.79 Å². The van der Waals surface area contributed by atoms with Gasteiger partial charge in [-0.05, 0) is 48.6 Å². The van der Waals surface area contributed by atoms with E-state index in [1.807, 2.05) is 18.2 Å². The number of hydrogen-bond donors (Lipinski definition) is 1. The average molecular weight is 366 g/mol. The number of nitrogens with one attached hydrogen (secondary N) is 1. The number of carbonyl (C=O) groups excluding carboxylic acids is 2. The molecule has 5 heteroatoms. The van der Waals surface area contributed by atoms with E-state index in [0.29, 0.717) is 18.7 Å². The summed E-state index contributed by atoms with van der Waals surface area (Å²) in [7, 11) is 0. The van der Waals surface area contributed by atoms with Crippen molar-refractivity contribution in [1.82, 2.24) is 5.32 Å². The minimum absolute atomic E-state index is 0.00954. The standard InChI is InChI=1S/C22H26N2O3/c1-17(25)23-12-10-18-8-9-21-20(16-18)11-14-24(21)13-5-15-27-22(26)19-6-3-2-4-7-19/h2-4,6-9,16H,5,10-15H2,1H3,(H,23,25). The molecule has 1 aliphatic heterocycles. The molecule has 0 atom stereocenters. The zero-order valence-electron chi connectivity index (χ0n) is 15.7. The fraction of sp³-hybridized carbons (Fsp3) is 0.364. The quantitative estimate of drug-likeness (QED) is 0.576. The van der Waals surface area contributed by atoms with Crippen molar-refractivity contribution in [2.75, 3.05) is 31.1 Å². The van der Waals surface area contributed by atoms with Crippen LogP contribution in [0, 0.1) is 0 Å². The Morgan fingerprint density at radius 3 is 2.74 bits per heavy atom. The number of anilines is 1. The summed E-state index contributed by atoms with van der Waals surface area (Å²) in [5, 5.41) is 2.83. The number of esters is 1. The first-order valence-electron chi connectivity index (χ1n) is 9.47. The highest BCUT2D eigenvalue weighted by atomic mass is 16.5. The fourth-order valence-corrected chi connectivity index (χ4v) is 3.37. The van der Waals surface area contributed by atoms with Crippen LogP contribution in [0.2, 0.25) is 0 Å². The SMILES string of the molecule is CC(=O)NCCc1ccc2c(c1)CCN2CCCOC(=O)c1ccccc1. The van der Waals surface area contributed by atoms with Crippen molar-refractivity contribution in [2.24, 2.45) is 0 Å². The van der Waals surface area contributed by atoms with Crippen molar-refractivity contribution in [3.63, 3.8) is 0 Å².